The summed E-state index contributed by atoms with van der Waals surface area (Å²) in [5.74, 6) is 0.788. The summed E-state index contributed by atoms with van der Waals surface area (Å²) in [5.41, 5.74) is 0.921. The van der Waals surface area contributed by atoms with Gasteiger partial charge in [-0.1, -0.05) is 18.2 Å². The Kier molecular flexibility index (Phi) is 2.19. The number of hydrogen-bond acceptors (Lipinski definition) is 4. The van der Waals surface area contributed by atoms with Crippen molar-refractivity contribution >= 4 is 49.1 Å². The zero-order chi connectivity index (χ0) is 11.1. The smallest absolute Gasteiger partial charge is 0.224 e. The summed E-state index contributed by atoms with van der Waals surface area (Å²) in [6, 6.07) is 8.15. The molecule has 1 N–H and O–H groups in total. The van der Waals surface area contributed by atoms with Gasteiger partial charge in [0.05, 0.1) is 10.2 Å². The first-order valence-electron chi connectivity index (χ1n) is 4.82. The molecule has 3 rings (SSSR count). The van der Waals surface area contributed by atoms with Crippen LogP contribution in [0.15, 0.2) is 24.3 Å². The fourth-order valence-corrected chi connectivity index (χ4v) is 3.04. The fourth-order valence-electron chi connectivity index (χ4n) is 1.73. The second-order valence-electron chi connectivity index (χ2n) is 3.37. The molecule has 0 spiro atoms. The van der Waals surface area contributed by atoms with Gasteiger partial charge >= 0.3 is 0 Å². The lowest BCUT2D eigenvalue weighted by molar-refractivity contribution is 1.22. The molecule has 0 aliphatic heterocycles. The average molecular weight is 250 g/mol. The summed E-state index contributed by atoms with van der Waals surface area (Å²) in [4.78, 5) is 8.47. The third-order valence-corrected chi connectivity index (χ3v) is 3.77. The number of hydrogen-bond donors (Lipinski definition) is 1. The lowest BCUT2D eigenvalue weighted by Gasteiger charge is -2.00. The third kappa shape index (κ3) is 1.34. The summed E-state index contributed by atoms with van der Waals surface area (Å²) in [5, 5.41) is 4.45. The first-order valence-corrected chi connectivity index (χ1v) is 6.01. The van der Waals surface area contributed by atoms with E-state index < -0.39 is 0 Å². The molecule has 0 saturated heterocycles. The number of nitrogens with one attached hydrogen (secondary N) is 1. The molecular weight excluding hydrogens is 242 g/mol. The molecule has 3 aromatic rings. The van der Waals surface area contributed by atoms with E-state index in [0.29, 0.717) is 0 Å². The number of anilines is 1. The van der Waals surface area contributed by atoms with Crippen LogP contribution in [0.25, 0.3) is 20.3 Å². The van der Waals surface area contributed by atoms with Gasteiger partial charge in [-0.05, 0) is 17.7 Å². The standard InChI is InChI=1S/C11H8ClN3S/c1-13-10-9-8(14-11(12)15-10)6-4-2-3-5-7(6)16-9/h2-5H,1H3,(H,13,14,15). The highest BCUT2D eigenvalue weighted by atomic mass is 35.5. The Morgan fingerprint density at radius 1 is 1.25 bits per heavy atom. The van der Waals surface area contributed by atoms with Crippen molar-refractivity contribution in [1.29, 1.82) is 0 Å². The summed E-state index contributed by atoms with van der Waals surface area (Å²) in [6.07, 6.45) is 0. The summed E-state index contributed by atoms with van der Waals surface area (Å²) in [6.45, 7) is 0. The van der Waals surface area contributed by atoms with Crippen LogP contribution in [0, 0.1) is 0 Å². The quantitative estimate of drug-likeness (QED) is 0.671. The molecule has 2 aromatic heterocycles. The Labute approximate surface area is 101 Å². The van der Waals surface area contributed by atoms with Gasteiger partial charge in [-0.15, -0.1) is 11.3 Å². The molecular formula is C11H8ClN3S. The largest absolute Gasteiger partial charge is 0.372 e. The molecule has 3 nitrogen and oxygen atoms in total. The third-order valence-electron chi connectivity index (χ3n) is 2.43. The van der Waals surface area contributed by atoms with Crippen LogP contribution >= 0.6 is 22.9 Å². The number of fused-ring (bicyclic) bond motifs is 3. The number of rotatable bonds is 1. The van der Waals surface area contributed by atoms with Crippen LogP contribution < -0.4 is 5.32 Å². The Balaban J connectivity index is 2.54. The van der Waals surface area contributed by atoms with Gasteiger partial charge in [0, 0.05) is 17.1 Å². The van der Waals surface area contributed by atoms with Crippen molar-refractivity contribution in [3.63, 3.8) is 0 Å². The van der Waals surface area contributed by atoms with Crippen LogP contribution in [0.1, 0.15) is 0 Å². The SMILES string of the molecule is CNc1nc(Cl)nc2c1sc1ccccc12. The van der Waals surface area contributed by atoms with Crippen LogP contribution in [-0.4, -0.2) is 17.0 Å². The predicted octanol–water partition coefficient (Wildman–Crippen LogP) is 3.54. The van der Waals surface area contributed by atoms with Crippen LogP contribution in [-0.2, 0) is 0 Å². The number of halogens is 1. The molecule has 0 saturated carbocycles. The van der Waals surface area contributed by atoms with Gasteiger partial charge in [-0.25, -0.2) is 4.98 Å². The van der Waals surface area contributed by atoms with Crippen molar-refractivity contribution in [2.24, 2.45) is 0 Å². The zero-order valence-corrected chi connectivity index (χ0v) is 10.1. The summed E-state index contributed by atoms with van der Waals surface area (Å²) < 4.78 is 2.25. The van der Waals surface area contributed by atoms with Crippen molar-refractivity contribution in [2.75, 3.05) is 12.4 Å². The molecule has 0 bridgehead atoms. The van der Waals surface area contributed by atoms with E-state index in [4.69, 9.17) is 11.6 Å². The Hall–Kier alpha value is -1.39. The lowest BCUT2D eigenvalue weighted by Crippen LogP contribution is -1.94. The molecule has 0 atom stereocenters. The fraction of sp³-hybridized carbons (Fsp3) is 0.0909. The Morgan fingerprint density at radius 2 is 2.06 bits per heavy atom. The van der Waals surface area contributed by atoms with E-state index >= 15 is 0 Å². The minimum atomic E-state index is 0.278. The lowest BCUT2D eigenvalue weighted by atomic mass is 10.2. The molecule has 16 heavy (non-hydrogen) atoms. The van der Waals surface area contributed by atoms with E-state index in [1.54, 1.807) is 11.3 Å². The maximum absolute atomic E-state index is 5.90. The van der Waals surface area contributed by atoms with Crippen LogP contribution in [0.2, 0.25) is 5.28 Å². The zero-order valence-electron chi connectivity index (χ0n) is 8.49. The van der Waals surface area contributed by atoms with E-state index in [-0.39, 0.29) is 5.28 Å². The highest BCUT2D eigenvalue weighted by Gasteiger charge is 2.11. The van der Waals surface area contributed by atoms with E-state index in [9.17, 15) is 0 Å². The number of benzene rings is 1. The first kappa shape index (κ1) is 9.81. The molecule has 80 valence electrons. The Morgan fingerprint density at radius 3 is 2.88 bits per heavy atom. The minimum Gasteiger partial charge on any atom is -0.372 e. The monoisotopic (exact) mass is 249 g/mol. The molecule has 0 aliphatic rings. The van der Waals surface area contributed by atoms with Gasteiger partial charge in [-0.2, -0.15) is 4.98 Å². The van der Waals surface area contributed by atoms with Gasteiger partial charge in [0.15, 0.2) is 0 Å². The average Bonchev–Trinajstić information content (AvgIpc) is 2.67. The molecule has 1 aromatic carbocycles. The van der Waals surface area contributed by atoms with Crippen molar-refractivity contribution < 1.29 is 0 Å². The van der Waals surface area contributed by atoms with Gasteiger partial charge in [-0.3, -0.25) is 0 Å². The molecule has 2 heterocycles. The van der Waals surface area contributed by atoms with Gasteiger partial charge in [0.2, 0.25) is 5.28 Å². The van der Waals surface area contributed by atoms with Crippen LogP contribution in [0.4, 0.5) is 5.82 Å². The van der Waals surface area contributed by atoms with E-state index in [2.05, 4.69) is 27.4 Å². The van der Waals surface area contributed by atoms with Crippen LogP contribution in [0.5, 0.6) is 0 Å². The van der Waals surface area contributed by atoms with Gasteiger partial charge in [0.1, 0.15) is 5.82 Å². The molecule has 0 radical (unpaired) electrons. The number of thiophene rings is 1. The highest BCUT2D eigenvalue weighted by molar-refractivity contribution is 7.26. The topological polar surface area (TPSA) is 37.8 Å². The van der Waals surface area contributed by atoms with Crippen molar-refractivity contribution in [3.8, 4) is 0 Å². The molecule has 5 heteroatoms. The number of aromatic nitrogens is 2. The van der Waals surface area contributed by atoms with Crippen molar-refractivity contribution in [2.45, 2.75) is 0 Å². The molecule has 0 amide bonds. The summed E-state index contributed by atoms with van der Waals surface area (Å²) in [7, 11) is 1.84. The second-order valence-corrected chi connectivity index (χ2v) is 4.76. The second kappa shape index (κ2) is 3.57. The van der Waals surface area contributed by atoms with E-state index in [1.165, 1.54) is 4.70 Å². The maximum atomic E-state index is 5.90. The maximum Gasteiger partial charge on any atom is 0.224 e. The summed E-state index contributed by atoms with van der Waals surface area (Å²) >= 11 is 7.58. The van der Waals surface area contributed by atoms with Gasteiger partial charge in [0.25, 0.3) is 0 Å². The van der Waals surface area contributed by atoms with Crippen molar-refractivity contribution in [1.82, 2.24) is 9.97 Å². The van der Waals surface area contributed by atoms with Gasteiger partial charge < -0.3 is 5.32 Å². The molecule has 0 fully saturated rings. The van der Waals surface area contributed by atoms with E-state index in [0.717, 1.165) is 21.4 Å². The minimum absolute atomic E-state index is 0.278. The van der Waals surface area contributed by atoms with E-state index in [1.807, 2.05) is 19.2 Å². The normalized spacial score (nSPS) is 11.1. The molecule has 0 unspecified atom stereocenters. The number of nitrogens with zero attached hydrogens (tertiary/aromatic N) is 2. The Bertz CT molecular complexity index is 677. The molecule has 0 aliphatic carbocycles. The van der Waals surface area contributed by atoms with Crippen LogP contribution in [0.3, 0.4) is 0 Å². The predicted molar refractivity (Wildman–Crippen MR) is 69.5 cm³/mol. The highest BCUT2D eigenvalue weighted by Crippen LogP contribution is 2.36. The van der Waals surface area contributed by atoms with Crippen molar-refractivity contribution in [3.05, 3.63) is 29.5 Å². The first-order chi connectivity index (χ1) is 7.79.